The van der Waals surface area contributed by atoms with E-state index < -0.39 is 24.1 Å². The summed E-state index contributed by atoms with van der Waals surface area (Å²) in [7, 11) is 1.18. The molecule has 0 radical (unpaired) electrons. The largest absolute Gasteiger partial charge is 0.467 e. The molecule has 1 rings (SSSR count). The van der Waals surface area contributed by atoms with E-state index in [1.807, 2.05) is 0 Å². The lowest BCUT2D eigenvalue weighted by Crippen LogP contribution is -2.40. The van der Waals surface area contributed by atoms with Crippen LogP contribution >= 0.6 is 0 Å². The number of carboxylic acid groups (broad SMARTS) is 1. The first-order chi connectivity index (χ1) is 7.10. The summed E-state index contributed by atoms with van der Waals surface area (Å²) >= 11 is 0. The van der Waals surface area contributed by atoms with Gasteiger partial charge < -0.3 is 9.84 Å². The van der Waals surface area contributed by atoms with Gasteiger partial charge in [-0.15, -0.1) is 0 Å². The van der Waals surface area contributed by atoms with Gasteiger partial charge in [0.1, 0.15) is 6.04 Å². The topological polar surface area (TPSA) is 116 Å². The summed E-state index contributed by atoms with van der Waals surface area (Å²) in [5, 5.41) is 12.2. The molecule has 82 valence electrons. The third-order valence-electron chi connectivity index (χ3n) is 2.21. The third kappa shape index (κ3) is 2.29. The van der Waals surface area contributed by atoms with Gasteiger partial charge in [0.15, 0.2) is 0 Å². The van der Waals surface area contributed by atoms with Crippen molar-refractivity contribution in [2.24, 2.45) is 5.11 Å². The van der Waals surface area contributed by atoms with Gasteiger partial charge in [-0.1, -0.05) is 5.11 Å². The van der Waals surface area contributed by atoms with Crippen molar-refractivity contribution in [3.05, 3.63) is 10.4 Å². The molecule has 1 saturated heterocycles. The second-order valence-electron chi connectivity index (χ2n) is 3.07. The Morgan fingerprint density at radius 2 is 2.33 bits per heavy atom. The number of ether oxygens (including phenoxy) is 1. The molecule has 1 fully saturated rings. The van der Waals surface area contributed by atoms with E-state index in [2.05, 4.69) is 14.8 Å². The minimum atomic E-state index is -1.22. The highest BCUT2D eigenvalue weighted by Gasteiger charge is 2.39. The summed E-state index contributed by atoms with van der Waals surface area (Å²) in [5.74, 6) is -0.631. The van der Waals surface area contributed by atoms with Crippen molar-refractivity contribution in [3.63, 3.8) is 0 Å². The molecule has 0 aliphatic carbocycles. The van der Waals surface area contributed by atoms with E-state index in [9.17, 15) is 9.59 Å². The minimum Gasteiger partial charge on any atom is -0.467 e. The maximum atomic E-state index is 11.2. The summed E-state index contributed by atoms with van der Waals surface area (Å²) in [6.45, 7) is 0.0269. The van der Waals surface area contributed by atoms with E-state index in [0.29, 0.717) is 0 Å². The first-order valence-corrected chi connectivity index (χ1v) is 4.21. The number of amides is 1. The van der Waals surface area contributed by atoms with Crippen LogP contribution in [-0.4, -0.2) is 47.8 Å². The van der Waals surface area contributed by atoms with Crippen LogP contribution in [-0.2, 0) is 9.53 Å². The Morgan fingerprint density at radius 1 is 1.67 bits per heavy atom. The van der Waals surface area contributed by atoms with Gasteiger partial charge in [0.2, 0.25) is 0 Å². The van der Waals surface area contributed by atoms with Gasteiger partial charge in [0.25, 0.3) is 0 Å². The monoisotopic (exact) mass is 214 g/mol. The van der Waals surface area contributed by atoms with E-state index in [-0.39, 0.29) is 13.0 Å². The summed E-state index contributed by atoms with van der Waals surface area (Å²) in [4.78, 5) is 25.5. The zero-order chi connectivity index (χ0) is 11.4. The number of likely N-dealkylation sites (tertiary alicyclic amines) is 1. The van der Waals surface area contributed by atoms with Crippen molar-refractivity contribution in [2.75, 3.05) is 13.7 Å². The van der Waals surface area contributed by atoms with Crippen molar-refractivity contribution in [3.8, 4) is 0 Å². The second-order valence-corrected chi connectivity index (χ2v) is 3.07. The van der Waals surface area contributed by atoms with Crippen LogP contribution in [0.25, 0.3) is 10.4 Å². The lowest BCUT2D eigenvalue weighted by molar-refractivity contribution is -0.145. The standard InChI is InChI=1S/C7H10N4O4/c1-15-6(12)5-2-4(9-10-8)3-11(5)7(13)14/h4-5H,2-3H2,1H3,(H,13,14)/t4-,5+/m1/s1. The number of esters is 1. The fourth-order valence-corrected chi connectivity index (χ4v) is 1.54. The van der Waals surface area contributed by atoms with E-state index in [1.54, 1.807) is 0 Å². The van der Waals surface area contributed by atoms with Crippen molar-refractivity contribution in [2.45, 2.75) is 18.5 Å². The summed E-state index contributed by atoms with van der Waals surface area (Å²) < 4.78 is 4.46. The minimum absolute atomic E-state index is 0.0269. The molecule has 2 atom stereocenters. The Hall–Kier alpha value is -1.95. The number of methoxy groups -OCH3 is 1. The van der Waals surface area contributed by atoms with Crippen LogP contribution in [0.1, 0.15) is 6.42 Å². The molecule has 1 N–H and O–H groups in total. The predicted molar refractivity (Wildman–Crippen MR) is 48.1 cm³/mol. The number of rotatable bonds is 2. The fourth-order valence-electron chi connectivity index (χ4n) is 1.54. The molecule has 1 aliphatic rings. The van der Waals surface area contributed by atoms with E-state index in [1.165, 1.54) is 7.11 Å². The fraction of sp³-hybridized carbons (Fsp3) is 0.714. The molecule has 0 aromatic heterocycles. The van der Waals surface area contributed by atoms with Gasteiger partial charge in [-0.25, -0.2) is 9.59 Å². The molecule has 0 spiro atoms. The van der Waals surface area contributed by atoms with Gasteiger partial charge in [0, 0.05) is 11.5 Å². The molecule has 15 heavy (non-hydrogen) atoms. The lowest BCUT2D eigenvalue weighted by Gasteiger charge is -2.18. The molecule has 0 aromatic rings. The number of carbonyl (C=O) groups excluding carboxylic acids is 1. The quantitative estimate of drug-likeness (QED) is 0.313. The number of hydrogen-bond acceptors (Lipinski definition) is 4. The highest BCUT2D eigenvalue weighted by atomic mass is 16.5. The van der Waals surface area contributed by atoms with Crippen molar-refractivity contribution in [1.29, 1.82) is 0 Å². The SMILES string of the molecule is COC(=O)[C@@H]1C[C@@H](N=[N+]=[N-])CN1C(=O)O. The molecule has 8 nitrogen and oxygen atoms in total. The highest BCUT2D eigenvalue weighted by molar-refractivity contribution is 5.81. The van der Waals surface area contributed by atoms with E-state index >= 15 is 0 Å². The van der Waals surface area contributed by atoms with Gasteiger partial charge >= 0.3 is 12.1 Å². The normalized spacial score (nSPS) is 24.5. The van der Waals surface area contributed by atoms with Crippen LogP contribution < -0.4 is 0 Å². The summed E-state index contributed by atoms with van der Waals surface area (Å²) in [6, 6.07) is -1.38. The van der Waals surface area contributed by atoms with Crippen molar-refractivity contribution >= 4 is 12.1 Å². The number of nitrogens with zero attached hydrogens (tertiary/aromatic N) is 4. The van der Waals surface area contributed by atoms with Crippen LogP contribution in [0.15, 0.2) is 5.11 Å². The summed E-state index contributed by atoms with van der Waals surface area (Å²) in [6.07, 6.45) is -1.05. The Morgan fingerprint density at radius 3 is 2.80 bits per heavy atom. The molecule has 1 amide bonds. The van der Waals surface area contributed by atoms with Gasteiger partial charge in [0.05, 0.1) is 13.2 Å². The van der Waals surface area contributed by atoms with Crippen LogP contribution in [0.4, 0.5) is 4.79 Å². The number of hydrogen-bond donors (Lipinski definition) is 1. The number of azide groups is 1. The lowest BCUT2D eigenvalue weighted by atomic mass is 10.2. The molecule has 8 heteroatoms. The third-order valence-corrected chi connectivity index (χ3v) is 2.21. The first kappa shape index (κ1) is 11.1. The predicted octanol–water partition coefficient (Wildman–Crippen LogP) is 0.591. The molecule has 0 saturated carbocycles. The van der Waals surface area contributed by atoms with Crippen molar-refractivity contribution in [1.82, 2.24) is 4.90 Å². The van der Waals surface area contributed by atoms with Gasteiger partial charge in [-0.2, -0.15) is 0 Å². The average molecular weight is 214 g/mol. The van der Waals surface area contributed by atoms with Crippen LogP contribution in [0.3, 0.4) is 0 Å². The smallest absolute Gasteiger partial charge is 0.408 e. The maximum Gasteiger partial charge on any atom is 0.408 e. The molecule has 0 aromatic carbocycles. The van der Waals surface area contributed by atoms with Crippen LogP contribution in [0, 0.1) is 0 Å². The maximum absolute atomic E-state index is 11.2. The highest BCUT2D eigenvalue weighted by Crippen LogP contribution is 2.21. The zero-order valence-corrected chi connectivity index (χ0v) is 8.03. The number of carbonyl (C=O) groups is 2. The average Bonchev–Trinajstić information content (AvgIpc) is 2.61. The molecular weight excluding hydrogens is 204 g/mol. The molecule has 0 unspecified atom stereocenters. The molecular formula is C7H10N4O4. The van der Waals surface area contributed by atoms with E-state index in [4.69, 9.17) is 10.6 Å². The molecule has 1 heterocycles. The van der Waals surface area contributed by atoms with Gasteiger partial charge in [-0.3, -0.25) is 4.90 Å². The molecule has 1 aliphatic heterocycles. The van der Waals surface area contributed by atoms with E-state index in [0.717, 1.165) is 4.90 Å². The molecule has 0 bridgehead atoms. The van der Waals surface area contributed by atoms with Crippen LogP contribution in [0.2, 0.25) is 0 Å². The summed E-state index contributed by atoms with van der Waals surface area (Å²) in [5.41, 5.74) is 8.21. The Kier molecular flexibility index (Phi) is 3.35. The Labute approximate surface area is 85.0 Å². The van der Waals surface area contributed by atoms with Crippen molar-refractivity contribution < 1.29 is 19.4 Å². The van der Waals surface area contributed by atoms with Crippen LogP contribution in [0.5, 0.6) is 0 Å². The first-order valence-electron chi connectivity index (χ1n) is 4.21. The second kappa shape index (κ2) is 4.52. The zero-order valence-electron chi connectivity index (χ0n) is 8.03. The Balaban J connectivity index is 2.80. The van der Waals surface area contributed by atoms with Gasteiger partial charge in [-0.05, 0) is 12.0 Å². The Bertz CT molecular complexity index is 325.